The number of rotatable bonds is 0. The van der Waals surface area contributed by atoms with Crippen molar-refractivity contribution in [1.29, 1.82) is 0 Å². The molecule has 0 heterocycles. The van der Waals surface area contributed by atoms with E-state index < -0.39 is 0 Å². The van der Waals surface area contributed by atoms with Crippen LogP contribution in [0.15, 0.2) is 0 Å². The molecule has 0 atom stereocenters. The maximum absolute atomic E-state index is 8.24. The summed E-state index contributed by atoms with van der Waals surface area (Å²) >= 11 is 0. The Bertz CT molecular complexity index is 17.1. The molecule has 4 heteroatoms. The van der Waals surface area contributed by atoms with Crippen LogP contribution in [0.4, 0.5) is 0 Å². The Morgan fingerprint density at radius 3 is 1.60 bits per heavy atom. The van der Waals surface area contributed by atoms with Gasteiger partial charge in [-0.3, -0.25) is 0 Å². The molecule has 0 saturated heterocycles. The van der Waals surface area contributed by atoms with Gasteiger partial charge in [-0.05, 0) is 0 Å². The third-order valence-corrected chi connectivity index (χ3v) is 0. The van der Waals surface area contributed by atoms with E-state index in [2.05, 4.69) is 0 Å². The average molecular weight is 295 g/mol. The summed E-state index contributed by atoms with van der Waals surface area (Å²) in [4.78, 5) is 8.24. The average Bonchev–Trinajstić information content (AvgIpc) is 0.918. The molecule has 0 bridgehead atoms. The monoisotopic (exact) mass is 294 g/mol. The molecule has 1 N–H and O–H groups in total. The number of hydrogen-bond donors (Lipinski definition) is 1. The Balaban J connectivity index is -0.0000000200. The predicted octanol–water partition coefficient (Wildman–Crippen LogP) is -0.391. The molecular weight excluding hydrogens is 294 g/mol. The standard InChI is InChI=1S/CHO2.Tb.Zr/c2-1-3;;/h(H,2,3);;/q-1;;. The summed E-state index contributed by atoms with van der Waals surface area (Å²) in [5, 5.41) is 6.76. The van der Waals surface area contributed by atoms with Gasteiger partial charge in [-0.15, -0.1) is 0 Å². The fourth-order valence-corrected chi connectivity index (χ4v) is 0. The Hall–Kier alpha value is 1.64. The molecule has 0 amide bonds. The van der Waals surface area contributed by atoms with Crippen molar-refractivity contribution in [2.45, 2.75) is 0 Å². The van der Waals surface area contributed by atoms with Gasteiger partial charge >= 0.3 is 0 Å². The molecule has 0 saturated carbocycles. The summed E-state index contributed by atoms with van der Waals surface area (Å²) in [5.74, 6) is 0. The summed E-state index contributed by atoms with van der Waals surface area (Å²) < 4.78 is 0. The van der Waals surface area contributed by atoms with Crippen molar-refractivity contribution in [3.8, 4) is 0 Å². The molecule has 1 radical (unpaired) electrons. The van der Waals surface area contributed by atoms with Gasteiger partial charge in [0.05, 0.1) is 0 Å². The van der Waals surface area contributed by atoms with Crippen LogP contribution in [0, 0.1) is 38.6 Å². The maximum atomic E-state index is 8.24. The topological polar surface area (TPSA) is 37.3 Å². The minimum absolute atomic E-state index is 0. The van der Waals surface area contributed by atoms with Crippen LogP contribution >= 0.6 is 0 Å². The Morgan fingerprint density at radius 2 is 1.60 bits per heavy atom. The van der Waals surface area contributed by atoms with Gasteiger partial charge in [0.25, 0.3) is 0 Å². The van der Waals surface area contributed by atoms with Crippen LogP contribution < -0.4 is 0 Å². The van der Waals surface area contributed by atoms with Gasteiger partial charge in [0.1, 0.15) is 0 Å². The van der Waals surface area contributed by atoms with Crippen molar-refractivity contribution in [3.63, 3.8) is 0 Å². The zero-order valence-corrected chi connectivity index (χ0v) is 6.79. The fraction of sp³-hybridized carbons (Fsp3) is 0. The zero-order chi connectivity index (χ0) is 2.71. The van der Waals surface area contributed by atoms with Gasteiger partial charge in [-0.25, -0.2) is 0 Å². The Kier molecular flexibility index (Phi) is 55.6. The van der Waals surface area contributed by atoms with Crippen molar-refractivity contribution >= 4 is 6.47 Å². The first-order chi connectivity index (χ1) is 1.41. The first-order valence-electron chi connectivity index (χ1n) is 0.428. The van der Waals surface area contributed by atoms with E-state index in [0.717, 1.165) is 0 Å². The van der Waals surface area contributed by atoms with Gasteiger partial charge in [0.15, 0.2) is 0 Å². The molecule has 0 aliphatic carbocycles. The molecule has 0 aliphatic heterocycles. The molecule has 0 aromatic heterocycles. The van der Waals surface area contributed by atoms with E-state index in [1.165, 1.54) is 0 Å². The number of aliphatic hydroxyl groups excluding tert-OH is 1. The minimum atomic E-state index is 0. The van der Waals surface area contributed by atoms with Crippen LogP contribution in [0.5, 0.6) is 0 Å². The Morgan fingerprint density at radius 1 is 1.60 bits per heavy atom. The summed E-state index contributed by atoms with van der Waals surface area (Å²) in [7, 11) is 0. The molecule has 0 unspecified atom stereocenters. The van der Waals surface area contributed by atoms with Crippen LogP contribution in [0.1, 0.15) is 0 Å². The third kappa shape index (κ3) is 27.8. The smallest absolute Gasteiger partial charge is 0 e. The van der Waals surface area contributed by atoms with E-state index in [1.807, 2.05) is 0 Å². The second kappa shape index (κ2) is 17.4. The SMILES string of the molecule is O=[C-]O.[Tb].[Zr]. The number of hydrogen-bond acceptors (Lipinski definition) is 1. The molecule has 0 aromatic carbocycles. The van der Waals surface area contributed by atoms with Crippen LogP contribution in [-0.4, -0.2) is 11.6 Å². The normalized spacial score (nSPS) is 2.40. The van der Waals surface area contributed by atoms with Crippen molar-refractivity contribution in [3.05, 3.63) is 0 Å². The zero-order valence-electron chi connectivity index (χ0n) is 2.19. The van der Waals surface area contributed by atoms with E-state index in [-0.39, 0.29) is 64.8 Å². The van der Waals surface area contributed by atoms with Gasteiger partial charge in [0, 0.05) is 64.8 Å². The summed E-state index contributed by atoms with van der Waals surface area (Å²) in [6, 6.07) is 0. The van der Waals surface area contributed by atoms with E-state index in [9.17, 15) is 0 Å². The van der Waals surface area contributed by atoms with Gasteiger partial charge in [-0.2, -0.15) is 0 Å². The maximum Gasteiger partial charge on any atom is 0 e. The van der Waals surface area contributed by atoms with Gasteiger partial charge in [-0.1, -0.05) is 6.47 Å². The largest absolute Gasteiger partial charge is 0.665 e. The summed E-state index contributed by atoms with van der Waals surface area (Å²) in [5.41, 5.74) is 0. The molecule has 0 spiro atoms. The first-order valence-corrected chi connectivity index (χ1v) is 0.428. The van der Waals surface area contributed by atoms with Crippen molar-refractivity contribution in [2.75, 3.05) is 0 Å². The van der Waals surface area contributed by atoms with E-state index in [4.69, 9.17) is 9.90 Å². The van der Waals surface area contributed by atoms with Gasteiger partial charge in [0.2, 0.25) is 0 Å². The van der Waals surface area contributed by atoms with Crippen LogP contribution in [-0.2, 0) is 31.0 Å². The molecule has 5 heavy (non-hydrogen) atoms. The molecule has 0 aromatic rings. The quantitative estimate of drug-likeness (QED) is 0.618. The fourth-order valence-electron chi connectivity index (χ4n) is 0. The first kappa shape index (κ1) is 15.9. The summed E-state index contributed by atoms with van der Waals surface area (Å²) in [6.07, 6.45) is 0. The second-order valence-corrected chi connectivity index (χ2v) is 0.0913. The molecule has 0 fully saturated rings. The van der Waals surface area contributed by atoms with Crippen molar-refractivity contribution < 1.29 is 74.7 Å². The summed E-state index contributed by atoms with van der Waals surface area (Å²) in [6.45, 7) is 0.500. The van der Waals surface area contributed by atoms with Crippen LogP contribution in [0.3, 0.4) is 0 Å². The molecule has 31 valence electrons. The minimum Gasteiger partial charge on any atom is -0.665 e. The van der Waals surface area contributed by atoms with E-state index in [0.29, 0.717) is 6.47 Å². The van der Waals surface area contributed by atoms with Crippen LogP contribution in [0.25, 0.3) is 0 Å². The van der Waals surface area contributed by atoms with Crippen molar-refractivity contribution in [1.82, 2.24) is 0 Å². The Labute approximate surface area is 79.9 Å². The molecule has 0 rings (SSSR count). The predicted molar refractivity (Wildman–Crippen MR) is 8.32 cm³/mol. The van der Waals surface area contributed by atoms with Gasteiger partial charge < -0.3 is 9.90 Å². The van der Waals surface area contributed by atoms with E-state index in [1.54, 1.807) is 0 Å². The second-order valence-electron chi connectivity index (χ2n) is 0.0913. The third-order valence-electron chi connectivity index (χ3n) is 0. The molecular formula is CHO2TbZr-. The molecule has 2 nitrogen and oxygen atoms in total. The van der Waals surface area contributed by atoms with Crippen molar-refractivity contribution in [2.24, 2.45) is 0 Å². The molecule has 0 aliphatic rings. The van der Waals surface area contributed by atoms with E-state index >= 15 is 0 Å². The van der Waals surface area contributed by atoms with Crippen LogP contribution in [0.2, 0.25) is 0 Å².